The smallest absolute Gasteiger partial charge is 0.361 e. The lowest BCUT2D eigenvalue weighted by Crippen LogP contribution is -2.48. The van der Waals surface area contributed by atoms with Crippen molar-refractivity contribution in [2.45, 2.75) is 45.3 Å². The number of piperidine rings is 1. The van der Waals surface area contributed by atoms with Crippen molar-refractivity contribution < 1.29 is 32.1 Å². The molecule has 0 radical (unpaired) electrons. The summed E-state index contributed by atoms with van der Waals surface area (Å²) in [6.07, 6.45) is -3.09. The molecule has 0 aliphatic carbocycles. The maximum Gasteiger partial charge on any atom is 0.471 e. The average molecular weight is 492 g/mol. The van der Waals surface area contributed by atoms with Gasteiger partial charge in [-0.2, -0.15) is 13.2 Å². The lowest BCUT2D eigenvalue weighted by Gasteiger charge is -2.39. The van der Waals surface area contributed by atoms with Crippen LogP contribution >= 0.6 is 0 Å². The SMILES string of the molecule is Cc1noc(C)c1C(=O)N1CCC2(CC1)CCN(C(=O)C(NC(=O)C(F)(F)F)c1ccccc1)C2. The number of benzene rings is 1. The topological polar surface area (TPSA) is 95.8 Å². The molecule has 2 aliphatic rings. The van der Waals surface area contributed by atoms with Crippen LogP contribution in [0.15, 0.2) is 34.9 Å². The number of hydrogen-bond donors (Lipinski definition) is 1. The van der Waals surface area contributed by atoms with Crippen molar-refractivity contribution in [3.05, 3.63) is 52.9 Å². The van der Waals surface area contributed by atoms with E-state index < -0.39 is 24.0 Å². The van der Waals surface area contributed by atoms with Crippen molar-refractivity contribution in [3.8, 4) is 0 Å². The van der Waals surface area contributed by atoms with E-state index in [2.05, 4.69) is 5.16 Å². The van der Waals surface area contributed by atoms with Crippen molar-refractivity contribution in [3.63, 3.8) is 0 Å². The fraction of sp³-hybridized carbons (Fsp3) is 0.500. The van der Waals surface area contributed by atoms with Crippen molar-refractivity contribution in [2.75, 3.05) is 26.2 Å². The van der Waals surface area contributed by atoms with Gasteiger partial charge in [0, 0.05) is 26.2 Å². The summed E-state index contributed by atoms with van der Waals surface area (Å²) in [5, 5.41) is 5.71. The predicted octanol–water partition coefficient (Wildman–Crippen LogP) is 3.17. The number of likely N-dealkylation sites (tertiary alicyclic amines) is 2. The molecular weight excluding hydrogens is 465 g/mol. The van der Waals surface area contributed by atoms with Gasteiger partial charge in [-0.25, -0.2) is 0 Å². The van der Waals surface area contributed by atoms with Crippen LogP contribution in [-0.2, 0) is 9.59 Å². The second kappa shape index (κ2) is 9.35. The van der Waals surface area contributed by atoms with E-state index in [9.17, 15) is 27.6 Å². The Bertz CT molecular complexity index is 1090. The minimum absolute atomic E-state index is 0.138. The van der Waals surface area contributed by atoms with Gasteiger partial charge in [0.05, 0.1) is 5.69 Å². The molecule has 3 amide bonds. The van der Waals surface area contributed by atoms with Crippen LogP contribution in [-0.4, -0.2) is 65.0 Å². The maximum absolute atomic E-state index is 13.3. The minimum Gasteiger partial charge on any atom is -0.361 e. The van der Waals surface area contributed by atoms with Crippen LogP contribution in [0.4, 0.5) is 13.2 Å². The highest BCUT2D eigenvalue weighted by atomic mass is 19.4. The van der Waals surface area contributed by atoms with Crippen molar-refractivity contribution in [1.82, 2.24) is 20.3 Å². The predicted molar refractivity (Wildman–Crippen MR) is 118 cm³/mol. The highest BCUT2D eigenvalue weighted by Gasteiger charge is 2.46. The minimum atomic E-state index is -5.10. The van der Waals surface area contributed by atoms with Gasteiger partial charge in [0.15, 0.2) is 0 Å². The van der Waals surface area contributed by atoms with Crippen LogP contribution in [0.3, 0.4) is 0 Å². The molecule has 1 N–H and O–H groups in total. The Morgan fingerprint density at radius 1 is 1.03 bits per heavy atom. The quantitative estimate of drug-likeness (QED) is 0.708. The first-order valence-corrected chi connectivity index (χ1v) is 11.4. The Balaban J connectivity index is 1.43. The van der Waals surface area contributed by atoms with Gasteiger partial charge in [0.1, 0.15) is 17.4 Å². The van der Waals surface area contributed by atoms with E-state index in [1.807, 2.05) is 5.32 Å². The van der Waals surface area contributed by atoms with E-state index in [4.69, 9.17) is 4.52 Å². The van der Waals surface area contributed by atoms with Crippen LogP contribution in [0.1, 0.15) is 52.7 Å². The van der Waals surface area contributed by atoms with Gasteiger partial charge in [-0.3, -0.25) is 14.4 Å². The van der Waals surface area contributed by atoms with Gasteiger partial charge < -0.3 is 19.6 Å². The largest absolute Gasteiger partial charge is 0.471 e. The number of nitrogens with zero attached hydrogens (tertiary/aromatic N) is 3. The third-order valence-electron chi connectivity index (χ3n) is 7.02. The molecule has 4 rings (SSSR count). The van der Waals surface area contributed by atoms with Crippen LogP contribution in [0.2, 0.25) is 0 Å². The fourth-order valence-electron chi connectivity index (χ4n) is 4.99. The molecule has 11 heteroatoms. The molecule has 35 heavy (non-hydrogen) atoms. The highest BCUT2D eigenvalue weighted by Crippen LogP contribution is 2.41. The van der Waals surface area contributed by atoms with Gasteiger partial charge in [0.2, 0.25) is 5.91 Å². The van der Waals surface area contributed by atoms with Crippen LogP contribution in [0.25, 0.3) is 0 Å². The van der Waals surface area contributed by atoms with Gasteiger partial charge >= 0.3 is 12.1 Å². The summed E-state index contributed by atoms with van der Waals surface area (Å²) in [7, 11) is 0. The number of carbonyl (C=O) groups excluding carboxylic acids is 3. The molecule has 1 unspecified atom stereocenters. The molecule has 2 aliphatic heterocycles. The third kappa shape index (κ3) is 5.03. The Hall–Kier alpha value is -3.37. The number of carbonyl (C=O) groups is 3. The molecule has 188 valence electrons. The second-order valence-electron chi connectivity index (χ2n) is 9.32. The summed E-state index contributed by atoms with van der Waals surface area (Å²) in [6.45, 7) is 5.15. The molecular formula is C24H27F3N4O4. The standard InChI is InChI=1S/C24H27F3N4O4/c1-15-18(16(2)35-29-15)20(32)30-11-8-23(9-12-30)10-13-31(14-23)21(33)19(17-6-4-3-5-7-17)28-22(34)24(25,26)27/h3-7,19H,8-14H2,1-2H3,(H,28,34). The van der Waals surface area contributed by atoms with Gasteiger partial charge in [-0.05, 0) is 44.1 Å². The Labute approximate surface area is 200 Å². The summed E-state index contributed by atoms with van der Waals surface area (Å²) >= 11 is 0. The molecule has 1 aromatic carbocycles. The molecule has 2 saturated heterocycles. The molecule has 8 nitrogen and oxygen atoms in total. The van der Waals surface area contributed by atoms with Crippen molar-refractivity contribution in [1.29, 1.82) is 0 Å². The first-order valence-electron chi connectivity index (χ1n) is 11.4. The Morgan fingerprint density at radius 3 is 2.17 bits per heavy atom. The molecule has 2 aromatic rings. The van der Waals surface area contributed by atoms with E-state index >= 15 is 0 Å². The number of rotatable bonds is 4. The Kier molecular flexibility index (Phi) is 6.61. The van der Waals surface area contributed by atoms with Crippen molar-refractivity contribution >= 4 is 17.7 Å². The monoisotopic (exact) mass is 492 g/mol. The number of aryl methyl sites for hydroxylation is 2. The number of alkyl halides is 3. The Morgan fingerprint density at radius 2 is 1.63 bits per heavy atom. The van der Waals surface area contributed by atoms with E-state index in [0.29, 0.717) is 62.5 Å². The molecule has 3 heterocycles. The van der Waals surface area contributed by atoms with Crippen LogP contribution in [0, 0.1) is 19.3 Å². The zero-order chi connectivity index (χ0) is 25.4. The number of aromatic nitrogens is 1. The summed E-state index contributed by atoms with van der Waals surface area (Å²) in [4.78, 5) is 41.2. The first-order chi connectivity index (χ1) is 16.5. The molecule has 2 fully saturated rings. The van der Waals surface area contributed by atoms with Crippen LogP contribution in [0.5, 0.6) is 0 Å². The summed E-state index contributed by atoms with van der Waals surface area (Å²) in [5.41, 5.74) is 1.07. The van der Waals surface area contributed by atoms with E-state index in [0.717, 1.165) is 0 Å². The maximum atomic E-state index is 13.3. The lowest BCUT2D eigenvalue weighted by atomic mass is 9.77. The van der Waals surface area contributed by atoms with Gasteiger partial charge in [-0.1, -0.05) is 35.5 Å². The zero-order valence-electron chi connectivity index (χ0n) is 19.5. The number of hydrogen-bond acceptors (Lipinski definition) is 5. The van der Waals surface area contributed by atoms with Crippen molar-refractivity contribution in [2.24, 2.45) is 5.41 Å². The normalized spacial score (nSPS) is 18.5. The highest BCUT2D eigenvalue weighted by molar-refractivity contribution is 5.96. The lowest BCUT2D eigenvalue weighted by molar-refractivity contribution is -0.175. The summed E-state index contributed by atoms with van der Waals surface area (Å²) in [6, 6.07) is 6.49. The van der Waals surface area contributed by atoms with Gasteiger partial charge in [-0.15, -0.1) is 0 Å². The molecule has 0 bridgehead atoms. The summed E-state index contributed by atoms with van der Waals surface area (Å²) in [5.74, 6) is -2.39. The number of amides is 3. The van der Waals surface area contributed by atoms with E-state index in [1.54, 1.807) is 36.9 Å². The second-order valence-corrected chi connectivity index (χ2v) is 9.32. The first kappa shape index (κ1) is 24.7. The van der Waals surface area contributed by atoms with Crippen LogP contribution < -0.4 is 5.32 Å². The molecule has 0 saturated carbocycles. The average Bonchev–Trinajstić information content (AvgIpc) is 3.39. The van der Waals surface area contributed by atoms with Gasteiger partial charge in [0.25, 0.3) is 5.91 Å². The molecule has 1 aromatic heterocycles. The zero-order valence-corrected chi connectivity index (χ0v) is 19.5. The third-order valence-corrected chi connectivity index (χ3v) is 7.02. The van der Waals surface area contributed by atoms with E-state index in [-0.39, 0.29) is 16.9 Å². The summed E-state index contributed by atoms with van der Waals surface area (Å²) < 4.78 is 43.9. The van der Waals surface area contributed by atoms with E-state index in [1.165, 1.54) is 17.0 Å². The number of nitrogens with one attached hydrogen (secondary N) is 1. The fourth-order valence-corrected chi connectivity index (χ4v) is 4.99. The molecule has 1 spiro atoms. The number of halogens is 3. The molecule has 1 atom stereocenters.